The molecular formula is C17H21F3O4. The molecule has 0 N–H and O–H groups in total. The second kappa shape index (κ2) is 9.30. The smallest absolute Gasteiger partial charge is 0.425 e. The third kappa shape index (κ3) is 7.02. The zero-order valence-corrected chi connectivity index (χ0v) is 13.7. The fourth-order valence-electron chi connectivity index (χ4n) is 1.95. The van der Waals surface area contributed by atoms with Crippen LogP contribution in [0.3, 0.4) is 0 Å². The van der Waals surface area contributed by atoms with Gasteiger partial charge in [-0.25, -0.2) is 0 Å². The number of aryl methyl sites for hydroxylation is 1. The lowest BCUT2D eigenvalue weighted by Crippen LogP contribution is -2.30. The molecule has 0 saturated heterocycles. The molecule has 0 aromatic heterocycles. The molecule has 1 rings (SSSR count). The summed E-state index contributed by atoms with van der Waals surface area (Å²) in [5.41, 5.74) is 0.909. The predicted molar refractivity (Wildman–Crippen MR) is 81.5 cm³/mol. The minimum Gasteiger partial charge on any atom is -0.453 e. The van der Waals surface area contributed by atoms with Crippen molar-refractivity contribution >= 4 is 11.9 Å². The molecule has 1 aromatic rings. The summed E-state index contributed by atoms with van der Waals surface area (Å²) < 4.78 is 46.2. The van der Waals surface area contributed by atoms with Crippen LogP contribution >= 0.6 is 0 Å². The van der Waals surface area contributed by atoms with Crippen LogP contribution in [0.4, 0.5) is 13.2 Å². The Morgan fingerprint density at radius 1 is 1.12 bits per heavy atom. The van der Waals surface area contributed by atoms with Crippen molar-refractivity contribution < 1.29 is 32.2 Å². The maximum absolute atomic E-state index is 12.3. The molecule has 0 fully saturated rings. The molecule has 7 heteroatoms. The van der Waals surface area contributed by atoms with Gasteiger partial charge in [0.05, 0.1) is 0 Å². The maximum atomic E-state index is 12.3. The Morgan fingerprint density at radius 3 is 2.38 bits per heavy atom. The number of benzene rings is 1. The number of esters is 2. The minimum atomic E-state index is -4.59. The maximum Gasteiger partial charge on any atom is 0.425 e. The summed E-state index contributed by atoms with van der Waals surface area (Å²) in [5.74, 6) is -1.05. The molecule has 0 aliphatic heterocycles. The summed E-state index contributed by atoms with van der Waals surface area (Å²) in [5, 5.41) is 0. The summed E-state index contributed by atoms with van der Waals surface area (Å²) in [7, 11) is 0. The van der Waals surface area contributed by atoms with Crippen LogP contribution in [0.1, 0.15) is 45.1 Å². The molecule has 0 spiro atoms. The van der Waals surface area contributed by atoms with Gasteiger partial charge in [0.25, 0.3) is 0 Å². The number of rotatable bonds is 8. The van der Waals surface area contributed by atoms with Gasteiger partial charge in [-0.05, 0) is 31.4 Å². The van der Waals surface area contributed by atoms with Gasteiger partial charge in [0.2, 0.25) is 0 Å². The van der Waals surface area contributed by atoms with Gasteiger partial charge < -0.3 is 9.47 Å². The Labute approximate surface area is 138 Å². The van der Waals surface area contributed by atoms with E-state index in [2.05, 4.69) is 4.74 Å². The highest BCUT2D eigenvalue weighted by atomic mass is 19.4. The van der Waals surface area contributed by atoms with Crippen molar-refractivity contribution in [2.75, 3.05) is 0 Å². The Bertz CT molecular complexity index is 555. The van der Waals surface area contributed by atoms with Gasteiger partial charge in [0.15, 0.2) is 6.10 Å². The molecule has 1 atom stereocenters. The molecule has 1 unspecified atom stereocenters. The van der Waals surface area contributed by atoms with E-state index < -0.39 is 24.2 Å². The summed E-state index contributed by atoms with van der Waals surface area (Å²) in [6, 6.07) is 7.14. The molecule has 4 nitrogen and oxygen atoms in total. The van der Waals surface area contributed by atoms with Crippen molar-refractivity contribution in [3.05, 3.63) is 29.8 Å². The second-order valence-corrected chi connectivity index (χ2v) is 5.36. The van der Waals surface area contributed by atoms with E-state index >= 15 is 0 Å². The van der Waals surface area contributed by atoms with Gasteiger partial charge in [0.1, 0.15) is 5.75 Å². The number of alkyl halides is 3. The first-order valence-corrected chi connectivity index (χ1v) is 7.78. The minimum absolute atomic E-state index is 0.0676. The number of carbonyl (C=O) groups is 2. The molecule has 134 valence electrons. The molecule has 1 aromatic carbocycles. The lowest BCUT2D eigenvalue weighted by atomic mass is 10.1. The topological polar surface area (TPSA) is 52.6 Å². The van der Waals surface area contributed by atoms with E-state index in [1.165, 1.54) is 0 Å². The van der Waals surface area contributed by atoms with Crippen LogP contribution in [0.2, 0.25) is 0 Å². The van der Waals surface area contributed by atoms with Crippen molar-refractivity contribution in [1.29, 1.82) is 0 Å². The van der Waals surface area contributed by atoms with Gasteiger partial charge >= 0.3 is 18.1 Å². The fraction of sp³-hybridized carbons (Fsp3) is 0.529. The first-order chi connectivity index (χ1) is 11.2. The number of hydrogen-bond acceptors (Lipinski definition) is 4. The highest BCUT2D eigenvalue weighted by molar-refractivity contribution is 5.74. The molecule has 0 bridgehead atoms. The van der Waals surface area contributed by atoms with Gasteiger partial charge in [-0.15, -0.1) is 0 Å². The first kappa shape index (κ1) is 20.0. The number of ether oxygens (including phenoxy) is 2. The summed E-state index contributed by atoms with van der Waals surface area (Å²) in [6.07, 6.45) is -5.35. The Balaban J connectivity index is 2.38. The van der Waals surface area contributed by atoms with Gasteiger partial charge in [-0.2, -0.15) is 13.2 Å². The SMILES string of the molecule is CCCc1ccccc1OC(=O)CCCC(=O)OC(C)C(F)(F)F. The molecule has 0 radical (unpaired) electrons. The van der Waals surface area contributed by atoms with Gasteiger partial charge in [-0.1, -0.05) is 31.5 Å². The molecule has 0 saturated carbocycles. The normalized spacial score (nSPS) is 12.5. The number of hydrogen-bond donors (Lipinski definition) is 0. The Kier molecular flexibility index (Phi) is 7.74. The summed E-state index contributed by atoms with van der Waals surface area (Å²) in [4.78, 5) is 23.1. The van der Waals surface area contributed by atoms with E-state index in [4.69, 9.17) is 4.74 Å². The van der Waals surface area contributed by atoms with E-state index in [9.17, 15) is 22.8 Å². The lowest BCUT2D eigenvalue weighted by Gasteiger charge is -2.16. The van der Waals surface area contributed by atoms with Crippen LogP contribution in [0, 0.1) is 0 Å². The third-order valence-corrected chi connectivity index (χ3v) is 3.25. The van der Waals surface area contributed by atoms with Crippen molar-refractivity contribution in [2.45, 2.75) is 58.2 Å². The van der Waals surface area contributed by atoms with Crippen LogP contribution < -0.4 is 4.74 Å². The summed E-state index contributed by atoms with van der Waals surface area (Å²) in [6.45, 7) is 2.77. The number of para-hydroxylation sites is 1. The van der Waals surface area contributed by atoms with Crippen LogP contribution in [-0.4, -0.2) is 24.2 Å². The third-order valence-electron chi connectivity index (χ3n) is 3.25. The van der Waals surface area contributed by atoms with Crippen molar-refractivity contribution in [3.63, 3.8) is 0 Å². The molecule has 24 heavy (non-hydrogen) atoms. The van der Waals surface area contributed by atoms with E-state index in [0.29, 0.717) is 5.75 Å². The monoisotopic (exact) mass is 346 g/mol. The van der Waals surface area contributed by atoms with Crippen molar-refractivity contribution in [1.82, 2.24) is 0 Å². The number of carbonyl (C=O) groups excluding carboxylic acids is 2. The van der Waals surface area contributed by atoms with E-state index in [0.717, 1.165) is 25.3 Å². The zero-order chi connectivity index (χ0) is 18.2. The van der Waals surface area contributed by atoms with Gasteiger partial charge in [-0.3, -0.25) is 9.59 Å². The van der Waals surface area contributed by atoms with Crippen LogP contribution in [0.25, 0.3) is 0 Å². The van der Waals surface area contributed by atoms with Crippen molar-refractivity contribution in [3.8, 4) is 5.75 Å². The van der Waals surface area contributed by atoms with E-state index in [1.54, 1.807) is 12.1 Å². The van der Waals surface area contributed by atoms with Crippen molar-refractivity contribution in [2.24, 2.45) is 0 Å². The molecule has 0 amide bonds. The van der Waals surface area contributed by atoms with Crippen LogP contribution in [0.15, 0.2) is 24.3 Å². The molecule has 0 heterocycles. The zero-order valence-electron chi connectivity index (χ0n) is 13.7. The Hall–Kier alpha value is -2.05. The van der Waals surface area contributed by atoms with Crippen LogP contribution in [0.5, 0.6) is 5.75 Å². The second-order valence-electron chi connectivity index (χ2n) is 5.36. The quantitative estimate of drug-likeness (QED) is 0.523. The van der Waals surface area contributed by atoms with E-state index in [1.807, 2.05) is 19.1 Å². The van der Waals surface area contributed by atoms with Crippen LogP contribution in [-0.2, 0) is 20.7 Å². The average Bonchev–Trinajstić information content (AvgIpc) is 2.48. The molecular weight excluding hydrogens is 325 g/mol. The number of halogens is 3. The lowest BCUT2D eigenvalue weighted by molar-refractivity contribution is -0.216. The largest absolute Gasteiger partial charge is 0.453 e. The predicted octanol–water partition coefficient (Wildman–Crippen LogP) is 4.21. The van der Waals surface area contributed by atoms with E-state index in [-0.39, 0.29) is 19.3 Å². The summed E-state index contributed by atoms with van der Waals surface area (Å²) >= 11 is 0. The standard InChI is InChI=1S/C17H21F3O4/c1-3-7-13-8-4-5-9-14(13)24-16(22)11-6-10-15(21)23-12(2)17(18,19)20/h4-5,8-9,12H,3,6-7,10-11H2,1-2H3. The van der Waals surface area contributed by atoms with Gasteiger partial charge in [0, 0.05) is 12.8 Å². The Morgan fingerprint density at radius 2 is 1.75 bits per heavy atom. The highest BCUT2D eigenvalue weighted by Crippen LogP contribution is 2.23. The molecule has 0 aliphatic rings. The fourth-order valence-corrected chi connectivity index (χ4v) is 1.95. The first-order valence-electron chi connectivity index (χ1n) is 7.78. The highest BCUT2D eigenvalue weighted by Gasteiger charge is 2.38. The average molecular weight is 346 g/mol. The molecule has 0 aliphatic carbocycles.